The molecule has 1 amide bonds. The van der Waals surface area contributed by atoms with Gasteiger partial charge in [-0.1, -0.05) is 11.6 Å². The second kappa shape index (κ2) is 7.22. The number of halogens is 4. The molecule has 0 saturated carbocycles. The van der Waals surface area contributed by atoms with E-state index in [9.17, 15) is 22.8 Å². The first-order chi connectivity index (χ1) is 11.3. The summed E-state index contributed by atoms with van der Waals surface area (Å²) < 4.78 is 44.0. The third-order valence-electron chi connectivity index (χ3n) is 2.88. The van der Waals surface area contributed by atoms with E-state index in [1.165, 1.54) is 18.2 Å². The maximum Gasteiger partial charge on any atom is 0.340 e. The van der Waals surface area contributed by atoms with Crippen molar-refractivity contribution < 1.29 is 27.5 Å². The van der Waals surface area contributed by atoms with Crippen molar-refractivity contribution >= 4 is 34.9 Å². The lowest BCUT2D eigenvalue weighted by Crippen LogP contribution is -2.22. The molecule has 0 heterocycles. The number of anilines is 2. The van der Waals surface area contributed by atoms with Crippen molar-refractivity contribution in [3.8, 4) is 0 Å². The Morgan fingerprint density at radius 2 is 1.83 bits per heavy atom. The van der Waals surface area contributed by atoms with Crippen molar-refractivity contribution in [1.82, 2.24) is 0 Å². The number of amides is 1. The van der Waals surface area contributed by atoms with Gasteiger partial charge < -0.3 is 15.8 Å². The molecule has 2 aromatic carbocycles. The van der Waals surface area contributed by atoms with E-state index in [2.05, 4.69) is 0 Å². The Hall–Kier alpha value is -2.74. The van der Waals surface area contributed by atoms with Crippen LogP contribution < -0.4 is 11.1 Å². The molecule has 0 spiro atoms. The van der Waals surface area contributed by atoms with Crippen LogP contribution in [-0.2, 0) is 9.53 Å². The monoisotopic (exact) mass is 358 g/mol. The second-order valence-corrected chi connectivity index (χ2v) is 5.02. The van der Waals surface area contributed by atoms with Gasteiger partial charge in [-0.2, -0.15) is 0 Å². The highest BCUT2D eigenvalue weighted by molar-refractivity contribution is 6.31. The molecule has 0 aromatic heterocycles. The van der Waals surface area contributed by atoms with Crippen LogP contribution in [0.25, 0.3) is 0 Å². The number of hydrogen-bond donors (Lipinski definition) is 2. The van der Waals surface area contributed by atoms with Crippen molar-refractivity contribution in [3.05, 3.63) is 58.4 Å². The fraction of sp³-hybridized carbons (Fsp3) is 0.0667. The van der Waals surface area contributed by atoms with E-state index >= 15 is 0 Å². The first-order valence-electron chi connectivity index (χ1n) is 6.45. The molecule has 0 bridgehead atoms. The minimum absolute atomic E-state index is 0.00814. The van der Waals surface area contributed by atoms with Crippen molar-refractivity contribution in [2.45, 2.75) is 0 Å². The summed E-state index contributed by atoms with van der Waals surface area (Å²) in [5.41, 5.74) is 5.05. The first kappa shape index (κ1) is 17.6. The number of esters is 1. The molecule has 0 unspecified atom stereocenters. The largest absolute Gasteiger partial charge is 0.452 e. The fourth-order valence-corrected chi connectivity index (χ4v) is 1.92. The molecule has 24 heavy (non-hydrogen) atoms. The normalized spacial score (nSPS) is 10.3. The van der Waals surface area contributed by atoms with E-state index in [0.717, 1.165) is 6.07 Å². The molecule has 126 valence electrons. The number of nitrogen functional groups attached to an aromatic ring is 1. The molecule has 0 fully saturated rings. The Bertz CT molecular complexity index is 815. The van der Waals surface area contributed by atoms with Crippen LogP contribution in [0.2, 0.25) is 5.02 Å². The average Bonchev–Trinajstić information content (AvgIpc) is 2.53. The van der Waals surface area contributed by atoms with Crippen LogP contribution in [0.3, 0.4) is 0 Å². The lowest BCUT2D eigenvalue weighted by molar-refractivity contribution is -0.119. The van der Waals surface area contributed by atoms with Crippen LogP contribution in [0.15, 0.2) is 30.3 Å². The zero-order valence-electron chi connectivity index (χ0n) is 11.9. The molecule has 3 N–H and O–H groups in total. The van der Waals surface area contributed by atoms with Gasteiger partial charge in [0.15, 0.2) is 24.1 Å². The van der Waals surface area contributed by atoms with Crippen LogP contribution in [0, 0.1) is 17.5 Å². The van der Waals surface area contributed by atoms with E-state index in [4.69, 9.17) is 22.1 Å². The summed E-state index contributed by atoms with van der Waals surface area (Å²) in [5.74, 6) is -6.52. The molecule has 2 rings (SSSR count). The van der Waals surface area contributed by atoms with Gasteiger partial charge in [0.05, 0.1) is 11.3 Å². The minimum Gasteiger partial charge on any atom is -0.452 e. The predicted octanol–water partition coefficient (Wildman–Crippen LogP) is 3.14. The number of ether oxygens (including phenoxy) is 1. The first-order valence-corrected chi connectivity index (χ1v) is 6.83. The number of benzene rings is 2. The van der Waals surface area contributed by atoms with Gasteiger partial charge in [0, 0.05) is 10.7 Å². The zero-order chi connectivity index (χ0) is 17.9. The van der Waals surface area contributed by atoms with Crippen LogP contribution in [0.1, 0.15) is 10.4 Å². The van der Waals surface area contributed by atoms with Crippen molar-refractivity contribution in [3.63, 3.8) is 0 Å². The standard InChI is InChI=1S/C15H10ClF3N2O3/c16-7-1-2-8(10(20)5-7)15(23)24-6-12(22)21-11-4-3-9(17)13(18)14(11)19/h1-5H,6,20H2,(H,21,22). The summed E-state index contributed by atoms with van der Waals surface area (Å²) in [4.78, 5) is 23.4. The van der Waals surface area contributed by atoms with Crippen LogP contribution in [0.5, 0.6) is 0 Å². The van der Waals surface area contributed by atoms with Gasteiger partial charge in [-0.3, -0.25) is 4.79 Å². The van der Waals surface area contributed by atoms with Crippen molar-refractivity contribution in [2.75, 3.05) is 17.7 Å². The Morgan fingerprint density at radius 3 is 2.50 bits per heavy atom. The molecule has 2 aromatic rings. The fourth-order valence-electron chi connectivity index (χ4n) is 1.74. The van der Waals surface area contributed by atoms with Gasteiger partial charge >= 0.3 is 5.97 Å². The highest BCUT2D eigenvalue weighted by Crippen LogP contribution is 2.20. The van der Waals surface area contributed by atoms with Gasteiger partial charge in [0.2, 0.25) is 0 Å². The number of nitrogens with two attached hydrogens (primary N) is 1. The van der Waals surface area contributed by atoms with Crippen LogP contribution in [0.4, 0.5) is 24.5 Å². The topological polar surface area (TPSA) is 81.4 Å². The highest BCUT2D eigenvalue weighted by Gasteiger charge is 2.17. The summed E-state index contributed by atoms with van der Waals surface area (Å²) in [6.07, 6.45) is 0. The number of carbonyl (C=O) groups excluding carboxylic acids is 2. The predicted molar refractivity (Wildman–Crippen MR) is 81.1 cm³/mol. The van der Waals surface area contributed by atoms with Gasteiger partial charge in [-0.05, 0) is 30.3 Å². The maximum absolute atomic E-state index is 13.4. The number of rotatable bonds is 4. The summed E-state index contributed by atoms with van der Waals surface area (Å²) in [5, 5.41) is 2.27. The summed E-state index contributed by atoms with van der Waals surface area (Å²) in [6.45, 7) is -0.778. The number of nitrogens with one attached hydrogen (secondary N) is 1. The SMILES string of the molecule is Nc1cc(Cl)ccc1C(=O)OCC(=O)Nc1ccc(F)c(F)c1F. The Morgan fingerprint density at radius 1 is 1.12 bits per heavy atom. The summed E-state index contributed by atoms with van der Waals surface area (Å²) >= 11 is 5.69. The van der Waals surface area contributed by atoms with E-state index in [-0.39, 0.29) is 11.3 Å². The molecule has 0 radical (unpaired) electrons. The molecule has 0 aliphatic heterocycles. The van der Waals surface area contributed by atoms with Crippen molar-refractivity contribution in [1.29, 1.82) is 0 Å². The van der Waals surface area contributed by atoms with Crippen molar-refractivity contribution in [2.24, 2.45) is 0 Å². The quantitative estimate of drug-likeness (QED) is 0.500. The molecule has 0 aliphatic rings. The van der Waals surface area contributed by atoms with Gasteiger partial charge in [0.25, 0.3) is 5.91 Å². The number of carbonyl (C=O) groups is 2. The van der Waals surface area contributed by atoms with Gasteiger partial charge in [-0.25, -0.2) is 18.0 Å². The molecule has 5 nitrogen and oxygen atoms in total. The van der Waals surface area contributed by atoms with E-state index < -0.39 is 41.6 Å². The third-order valence-corrected chi connectivity index (χ3v) is 3.11. The molecule has 0 aliphatic carbocycles. The van der Waals surface area contributed by atoms with E-state index in [1.807, 2.05) is 5.32 Å². The average molecular weight is 359 g/mol. The lowest BCUT2D eigenvalue weighted by Gasteiger charge is -2.09. The maximum atomic E-state index is 13.4. The minimum atomic E-state index is -1.72. The van der Waals surface area contributed by atoms with Crippen LogP contribution >= 0.6 is 11.6 Å². The Balaban J connectivity index is 1.98. The lowest BCUT2D eigenvalue weighted by atomic mass is 10.2. The second-order valence-electron chi connectivity index (χ2n) is 4.58. The smallest absolute Gasteiger partial charge is 0.340 e. The summed E-state index contributed by atoms with van der Waals surface area (Å²) in [6, 6.07) is 5.53. The van der Waals surface area contributed by atoms with Crippen LogP contribution in [-0.4, -0.2) is 18.5 Å². The molecule has 0 saturated heterocycles. The highest BCUT2D eigenvalue weighted by atomic mass is 35.5. The molecular weight excluding hydrogens is 349 g/mol. The zero-order valence-corrected chi connectivity index (χ0v) is 12.7. The Labute approximate surface area is 139 Å². The Kier molecular flexibility index (Phi) is 5.30. The van der Waals surface area contributed by atoms with E-state index in [0.29, 0.717) is 11.1 Å². The molecule has 9 heteroatoms. The summed E-state index contributed by atoms with van der Waals surface area (Å²) in [7, 11) is 0. The van der Waals surface area contributed by atoms with E-state index in [1.54, 1.807) is 0 Å². The van der Waals surface area contributed by atoms with Gasteiger partial charge in [-0.15, -0.1) is 0 Å². The molecular formula is C15H10ClF3N2O3. The third kappa shape index (κ3) is 3.96. The van der Waals surface area contributed by atoms with Gasteiger partial charge in [0.1, 0.15) is 0 Å². The molecule has 0 atom stereocenters. The number of hydrogen-bond acceptors (Lipinski definition) is 4.